The molecule has 0 aromatic heterocycles. The van der Waals surface area contributed by atoms with Crippen LogP contribution in [0, 0.1) is 5.92 Å². The average Bonchev–Trinajstić information content (AvgIpc) is 3.08. The molecule has 5 rings (SSSR count). The third-order valence-corrected chi connectivity index (χ3v) is 5.99. The van der Waals surface area contributed by atoms with Crippen molar-refractivity contribution in [1.82, 2.24) is 0 Å². The molecular weight excluding hydrogens is 388 g/mol. The van der Waals surface area contributed by atoms with Crippen molar-refractivity contribution >= 4 is 17.6 Å². The van der Waals surface area contributed by atoms with E-state index < -0.39 is 23.2 Å². The summed E-state index contributed by atoms with van der Waals surface area (Å²) in [6.45, 7) is 4.02. The van der Waals surface area contributed by atoms with Crippen molar-refractivity contribution in [2.45, 2.75) is 31.2 Å². The van der Waals surface area contributed by atoms with Gasteiger partial charge in [-0.2, -0.15) is 0 Å². The molecule has 1 spiro atoms. The standard InChI is InChI=1S/C23H22O7/c1-22(2)8-7-12-14(30-22)6-5-13-20(25)19-17(29-21(12)13)11-28-23(19)10-16(27-4)15(26-3)9-18(23)24/h5-10,17,19H,11H2,1-4H3. The molecule has 1 fully saturated rings. The van der Waals surface area contributed by atoms with Crippen LogP contribution in [0.15, 0.2) is 41.9 Å². The fraction of sp³-hybridized carbons (Fsp3) is 0.391. The summed E-state index contributed by atoms with van der Waals surface area (Å²) in [6, 6.07) is 3.46. The second-order valence-electron chi connectivity index (χ2n) is 8.28. The van der Waals surface area contributed by atoms with E-state index in [0.29, 0.717) is 28.6 Å². The lowest BCUT2D eigenvalue weighted by atomic mass is 9.74. The highest BCUT2D eigenvalue weighted by molar-refractivity contribution is 6.11. The lowest BCUT2D eigenvalue weighted by Gasteiger charge is -2.37. The molecule has 0 saturated carbocycles. The zero-order valence-corrected chi connectivity index (χ0v) is 17.2. The number of carbonyl (C=O) groups is 2. The van der Waals surface area contributed by atoms with Crippen LogP contribution in [0.1, 0.15) is 29.8 Å². The molecule has 156 valence electrons. The Bertz CT molecular complexity index is 1060. The van der Waals surface area contributed by atoms with Gasteiger partial charge in [-0.1, -0.05) is 0 Å². The van der Waals surface area contributed by atoms with E-state index in [4.69, 9.17) is 23.7 Å². The minimum absolute atomic E-state index is 0.102. The van der Waals surface area contributed by atoms with Crippen molar-refractivity contribution in [3.63, 3.8) is 0 Å². The van der Waals surface area contributed by atoms with E-state index in [1.54, 1.807) is 12.1 Å². The molecule has 1 aromatic rings. The van der Waals surface area contributed by atoms with E-state index in [0.717, 1.165) is 5.56 Å². The molecule has 0 amide bonds. The lowest BCUT2D eigenvalue weighted by molar-refractivity contribution is -0.131. The van der Waals surface area contributed by atoms with Crippen molar-refractivity contribution < 1.29 is 33.3 Å². The average molecular weight is 410 g/mol. The monoisotopic (exact) mass is 410 g/mol. The highest BCUT2D eigenvalue weighted by Crippen LogP contribution is 2.49. The number of fused-ring (bicyclic) bond motifs is 5. The van der Waals surface area contributed by atoms with E-state index in [1.807, 2.05) is 26.0 Å². The number of rotatable bonds is 2. The van der Waals surface area contributed by atoms with Gasteiger partial charge in [-0.25, -0.2) is 0 Å². The van der Waals surface area contributed by atoms with E-state index in [9.17, 15) is 9.59 Å². The largest absolute Gasteiger partial charge is 0.493 e. The van der Waals surface area contributed by atoms with Crippen molar-refractivity contribution in [2.75, 3.05) is 20.8 Å². The van der Waals surface area contributed by atoms with E-state index in [-0.39, 0.29) is 18.2 Å². The minimum atomic E-state index is -1.48. The van der Waals surface area contributed by atoms with Gasteiger partial charge in [-0.15, -0.1) is 0 Å². The fourth-order valence-electron chi connectivity index (χ4n) is 4.53. The Balaban J connectivity index is 1.59. The highest BCUT2D eigenvalue weighted by atomic mass is 16.6. The maximum Gasteiger partial charge on any atom is 0.196 e. The van der Waals surface area contributed by atoms with Gasteiger partial charge in [0, 0.05) is 12.2 Å². The Kier molecular flexibility index (Phi) is 3.92. The smallest absolute Gasteiger partial charge is 0.196 e. The van der Waals surface area contributed by atoms with Crippen LogP contribution < -0.4 is 9.47 Å². The molecule has 0 N–H and O–H groups in total. The number of ether oxygens (including phenoxy) is 5. The summed E-state index contributed by atoms with van der Waals surface area (Å²) in [6.07, 6.45) is 6.09. The quantitative estimate of drug-likeness (QED) is 0.742. The normalized spacial score (nSPS) is 30.4. The summed E-state index contributed by atoms with van der Waals surface area (Å²) in [4.78, 5) is 26.6. The van der Waals surface area contributed by atoms with Gasteiger partial charge < -0.3 is 23.7 Å². The van der Waals surface area contributed by atoms with Crippen LogP contribution in [-0.4, -0.2) is 49.7 Å². The Morgan fingerprint density at radius 2 is 1.87 bits per heavy atom. The minimum Gasteiger partial charge on any atom is -0.493 e. The molecule has 1 saturated heterocycles. The zero-order valence-electron chi connectivity index (χ0n) is 17.2. The van der Waals surface area contributed by atoms with Crippen LogP contribution >= 0.6 is 0 Å². The Morgan fingerprint density at radius 3 is 2.60 bits per heavy atom. The Morgan fingerprint density at radius 1 is 1.10 bits per heavy atom. The van der Waals surface area contributed by atoms with Crippen molar-refractivity contribution in [3.8, 4) is 11.5 Å². The van der Waals surface area contributed by atoms with Gasteiger partial charge in [0.25, 0.3) is 0 Å². The van der Waals surface area contributed by atoms with Crippen LogP contribution in [0.5, 0.6) is 11.5 Å². The first kappa shape index (κ1) is 18.9. The van der Waals surface area contributed by atoms with Crippen LogP contribution in [0.2, 0.25) is 0 Å². The Labute approximate surface area is 173 Å². The molecular formula is C23H22O7. The van der Waals surface area contributed by atoms with E-state index >= 15 is 0 Å². The van der Waals surface area contributed by atoms with Crippen LogP contribution in [-0.2, 0) is 19.0 Å². The van der Waals surface area contributed by atoms with Gasteiger partial charge in [0.2, 0.25) is 0 Å². The van der Waals surface area contributed by atoms with E-state index in [1.165, 1.54) is 26.4 Å². The number of carbonyl (C=O) groups excluding carboxylic acids is 2. The number of ketones is 2. The number of hydrogen-bond acceptors (Lipinski definition) is 7. The topological polar surface area (TPSA) is 80.3 Å². The maximum atomic E-state index is 13.6. The predicted octanol–water partition coefficient (Wildman–Crippen LogP) is 2.84. The van der Waals surface area contributed by atoms with Gasteiger partial charge in [0.05, 0.1) is 32.0 Å². The SMILES string of the molecule is COC1=CC(=O)C2(C=C1OC)OCC1Oc3c(ccc4c3C=CC(C)(C)O4)C(=O)C12. The molecule has 3 atom stereocenters. The van der Waals surface area contributed by atoms with Gasteiger partial charge in [-0.05, 0) is 38.1 Å². The van der Waals surface area contributed by atoms with Crippen molar-refractivity contribution in [2.24, 2.45) is 5.92 Å². The summed E-state index contributed by atoms with van der Waals surface area (Å²) >= 11 is 0. The third-order valence-electron chi connectivity index (χ3n) is 5.99. The number of Topliss-reactive ketones (excluding diaryl/α,β-unsaturated/α-hetero) is 1. The number of methoxy groups -OCH3 is 2. The lowest BCUT2D eigenvalue weighted by Crippen LogP contribution is -2.51. The summed E-state index contributed by atoms with van der Waals surface area (Å²) < 4.78 is 28.8. The summed E-state index contributed by atoms with van der Waals surface area (Å²) in [5, 5.41) is 0. The molecule has 7 heteroatoms. The highest BCUT2D eigenvalue weighted by Gasteiger charge is 2.61. The molecule has 7 nitrogen and oxygen atoms in total. The molecule has 0 radical (unpaired) electrons. The summed E-state index contributed by atoms with van der Waals surface area (Å²) in [5.74, 6) is 0.386. The molecule has 0 bridgehead atoms. The van der Waals surface area contributed by atoms with Gasteiger partial charge >= 0.3 is 0 Å². The Hall–Kier alpha value is -3.06. The summed E-state index contributed by atoms with van der Waals surface area (Å²) in [7, 11) is 2.93. The van der Waals surface area contributed by atoms with Crippen LogP contribution in [0.3, 0.4) is 0 Å². The van der Waals surface area contributed by atoms with Crippen molar-refractivity contribution in [1.29, 1.82) is 0 Å². The number of benzene rings is 1. The molecule has 3 unspecified atom stereocenters. The molecule has 3 heterocycles. The van der Waals surface area contributed by atoms with E-state index in [2.05, 4.69) is 0 Å². The zero-order chi connectivity index (χ0) is 21.3. The fourth-order valence-corrected chi connectivity index (χ4v) is 4.53. The molecule has 4 aliphatic rings. The third kappa shape index (κ3) is 2.48. The first-order valence-corrected chi connectivity index (χ1v) is 9.77. The second-order valence-corrected chi connectivity index (χ2v) is 8.28. The van der Waals surface area contributed by atoms with Crippen LogP contribution in [0.4, 0.5) is 0 Å². The van der Waals surface area contributed by atoms with Gasteiger partial charge in [0.15, 0.2) is 28.7 Å². The van der Waals surface area contributed by atoms with Gasteiger partial charge in [0.1, 0.15) is 29.1 Å². The second kappa shape index (κ2) is 6.22. The van der Waals surface area contributed by atoms with Crippen LogP contribution in [0.25, 0.3) is 6.08 Å². The molecule has 1 aromatic carbocycles. The summed E-state index contributed by atoms with van der Waals surface area (Å²) in [5.41, 5.74) is -0.778. The van der Waals surface area contributed by atoms with Crippen molar-refractivity contribution in [3.05, 3.63) is 53.0 Å². The number of hydrogen-bond donors (Lipinski definition) is 0. The molecule has 3 aliphatic heterocycles. The predicted molar refractivity (Wildman–Crippen MR) is 106 cm³/mol. The first-order valence-electron chi connectivity index (χ1n) is 9.77. The first-order chi connectivity index (χ1) is 14.3. The maximum absolute atomic E-state index is 13.6. The van der Waals surface area contributed by atoms with Gasteiger partial charge in [-0.3, -0.25) is 9.59 Å². The molecule has 30 heavy (non-hydrogen) atoms. The molecule has 1 aliphatic carbocycles.